The Balaban J connectivity index is 1.67. The first-order valence-electron chi connectivity index (χ1n) is 8.85. The second kappa shape index (κ2) is 8.56. The van der Waals surface area contributed by atoms with Crippen molar-refractivity contribution >= 4 is 63.6 Å². The first-order chi connectivity index (χ1) is 14.7. The van der Waals surface area contributed by atoms with E-state index in [1.807, 2.05) is 0 Å². The first-order valence-corrected chi connectivity index (χ1v) is 10.9. The smallest absolute Gasteiger partial charge is 0.446 e. The standard InChI is InChI=1S/C20H13F3N2O3S3/c21-20(22,23)31-15-4-2-1-3-12(15)9-25-13-7-11(5-6-14(13)28-10-17(25)26)8-16-18(27)24-19(29)30-16/h1-8H,9-10H2,(H,24,27,29)/b16-8+. The van der Waals surface area contributed by atoms with Crippen LogP contribution < -0.4 is 15.0 Å². The molecule has 2 amide bonds. The van der Waals surface area contributed by atoms with E-state index in [9.17, 15) is 22.8 Å². The number of amides is 2. The van der Waals surface area contributed by atoms with Gasteiger partial charge in [-0.3, -0.25) is 9.59 Å². The van der Waals surface area contributed by atoms with E-state index in [0.29, 0.717) is 31.8 Å². The Hall–Kier alpha value is -2.50. The number of nitrogens with one attached hydrogen (secondary N) is 1. The van der Waals surface area contributed by atoms with Crippen LogP contribution in [0.4, 0.5) is 18.9 Å². The monoisotopic (exact) mass is 482 g/mol. The van der Waals surface area contributed by atoms with Crippen LogP contribution in [-0.4, -0.2) is 28.3 Å². The summed E-state index contributed by atoms with van der Waals surface area (Å²) >= 11 is 5.89. The Morgan fingerprint density at radius 1 is 1.23 bits per heavy atom. The number of fused-ring (bicyclic) bond motifs is 1. The van der Waals surface area contributed by atoms with E-state index in [-0.39, 0.29) is 41.6 Å². The van der Waals surface area contributed by atoms with Crippen LogP contribution in [0.2, 0.25) is 0 Å². The molecule has 1 saturated heterocycles. The summed E-state index contributed by atoms with van der Waals surface area (Å²) < 4.78 is 44.6. The maximum Gasteiger partial charge on any atom is 0.446 e. The molecule has 2 aromatic carbocycles. The average molecular weight is 483 g/mol. The molecule has 0 saturated carbocycles. The third kappa shape index (κ3) is 5.05. The molecule has 0 aliphatic carbocycles. The number of anilines is 1. The molecule has 5 nitrogen and oxygen atoms in total. The van der Waals surface area contributed by atoms with Crippen molar-refractivity contribution in [3.63, 3.8) is 0 Å². The summed E-state index contributed by atoms with van der Waals surface area (Å²) in [7, 11) is 0. The van der Waals surface area contributed by atoms with Crippen molar-refractivity contribution in [2.24, 2.45) is 0 Å². The highest BCUT2D eigenvalue weighted by Gasteiger charge is 2.32. The average Bonchev–Trinajstić information content (AvgIpc) is 3.01. The van der Waals surface area contributed by atoms with Gasteiger partial charge in [0.05, 0.1) is 17.1 Å². The maximum absolute atomic E-state index is 12.9. The van der Waals surface area contributed by atoms with E-state index in [2.05, 4.69) is 5.32 Å². The molecule has 1 N–H and O–H groups in total. The Morgan fingerprint density at radius 2 is 2.00 bits per heavy atom. The van der Waals surface area contributed by atoms with Gasteiger partial charge in [-0.15, -0.1) is 0 Å². The second-order valence-electron chi connectivity index (χ2n) is 6.50. The Bertz CT molecular complexity index is 1120. The molecule has 0 aromatic heterocycles. The first kappa shape index (κ1) is 21.7. The summed E-state index contributed by atoms with van der Waals surface area (Å²) in [5.41, 5.74) is -3.03. The SMILES string of the molecule is O=C1NC(=S)S/C1=C/c1ccc2c(c1)N(Cc1ccccc1SC(F)(F)F)C(=O)CO2. The van der Waals surface area contributed by atoms with Gasteiger partial charge >= 0.3 is 5.51 Å². The van der Waals surface area contributed by atoms with E-state index in [4.69, 9.17) is 17.0 Å². The summed E-state index contributed by atoms with van der Waals surface area (Å²) in [5.74, 6) is -0.255. The highest BCUT2D eigenvalue weighted by molar-refractivity contribution is 8.26. The largest absolute Gasteiger partial charge is 0.482 e. The molecule has 0 radical (unpaired) electrons. The van der Waals surface area contributed by atoms with Gasteiger partial charge < -0.3 is 15.0 Å². The highest BCUT2D eigenvalue weighted by Crippen LogP contribution is 2.40. The van der Waals surface area contributed by atoms with E-state index >= 15 is 0 Å². The maximum atomic E-state index is 12.9. The fourth-order valence-electron chi connectivity index (χ4n) is 3.08. The summed E-state index contributed by atoms with van der Waals surface area (Å²) in [4.78, 5) is 26.3. The van der Waals surface area contributed by atoms with Gasteiger partial charge in [0.1, 0.15) is 10.1 Å². The van der Waals surface area contributed by atoms with Crippen LogP contribution in [0, 0.1) is 0 Å². The summed E-state index contributed by atoms with van der Waals surface area (Å²) in [5, 5.41) is 2.53. The molecule has 31 heavy (non-hydrogen) atoms. The lowest BCUT2D eigenvalue weighted by Crippen LogP contribution is -2.38. The van der Waals surface area contributed by atoms with Crippen molar-refractivity contribution < 1.29 is 27.5 Å². The molecule has 4 rings (SSSR count). The van der Waals surface area contributed by atoms with Crippen molar-refractivity contribution in [2.45, 2.75) is 16.9 Å². The van der Waals surface area contributed by atoms with Crippen LogP contribution in [0.1, 0.15) is 11.1 Å². The number of thioether (sulfide) groups is 2. The van der Waals surface area contributed by atoms with Gasteiger partial charge in [-0.1, -0.05) is 48.2 Å². The molecular formula is C20H13F3N2O3S3. The number of carbonyl (C=O) groups excluding carboxylic acids is 2. The number of nitrogens with zero attached hydrogens (tertiary/aromatic N) is 1. The number of hydrogen-bond acceptors (Lipinski definition) is 6. The third-order valence-corrected chi connectivity index (χ3v) is 6.40. The van der Waals surface area contributed by atoms with Crippen molar-refractivity contribution in [1.29, 1.82) is 0 Å². The minimum Gasteiger partial charge on any atom is -0.482 e. The molecule has 2 aliphatic heterocycles. The third-order valence-electron chi connectivity index (χ3n) is 4.39. The molecule has 11 heteroatoms. The minimum absolute atomic E-state index is 0.0293. The van der Waals surface area contributed by atoms with E-state index in [0.717, 1.165) is 11.8 Å². The van der Waals surface area contributed by atoms with Crippen molar-refractivity contribution in [3.8, 4) is 5.75 Å². The molecule has 1 fully saturated rings. The molecule has 0 bridgehead atoms. The lowest BCUT2D eigenvalue weighted by atomic mass is 10.1. The summed E-state index contributed by atoms with van der Waals surface area (Å²) in [6, 6.07) is 11.1. The number of rotatable bonds is 4. The van der Waals surface area contributed by atoms with Gasteiger partial charge in [-0.2, -0.15) is 13.2 Å². The van der Waals surface area contributed by atoms with Crippen molar-refractivity contribution in [3.05, 3.63) is 58.5 Å². The van der Waals surface area contributed by atoms with Crippen LogP contribution >= 0.6 is 35.7 Å². The normalized spacial score (nSPS) is 17.6. The van der Waals surface area contributed by atoms with Gasteiger partial charge in [0.2, 0.25) is 0 Å². The zero-order valence-electron chi connectivity index (χ0n) is 15.6. The van der Waals surface area contributed by atoms with Crippen LogP contribution in [0.15, 0.2) is 52.3 Å². The van der Waals surface area contributed by atoms with Crippen LogP contribution in [0.25, 0.3) is 6.08 Å². The van der Waals surface area contributed by atoms with Crippen molar-refractivity contribution in [2.75, 3.05) is 11.5 Å². The fraction of sp³-hybridized carbons (Fsp3) is 0.150. The number of carbonyl (C=O) groups is 2. The Morgan fingerprint density at radius 3 is 2.71 bits per heavy atom. The molecule has 2 heterocycles. The number of thiocarbonyl (C=S) groups is 1. The molecule has 0 unspecified atom stereocenters. The lowest BCUT2D eigenvalue weighted by molar-refractivity contribution is -0.121. The van der Waals surface area contributed by atoms with Crippen LogP contribution in [-0.2, 0) is 16.1 Å². The Labute approximate surface area is 189 Å². The molecule has 2 aliphatic rings. The number of benzene rings is 2. The molecule has 2 aromatic rings. The topological polar surface area (TPSA) is 58.6 Å². The van der Waals surface area contributed by atoms with E-state index in [1.165, 1.54) is 17.0 Å². The Kier molecular flexibility index (Phi) is 6.00. The predicted molar refractivity (Wildman–Crippen MR) is 118 cm³/mol. The number of halogens is 3. The molecule has 0 atom stereocenters. The fourth-order valence-corrected chi connectivity index (χ4v) is 4.79. The number of ether oxygens (including phenoxy) is 1. The molecule has 0 spiro atoms. The van der Waals surface area contributed by atoms with Gasteiger partial charge in [0.25, 0.3) is 11.8 Å². The van der Waals surface area contributed by atoms with Gasteiger partial charge in [0, 0.05) is 4.90 Å². The van der Waals surface area contributed by atoms with Crippen molar-refractivity contribution in [1.82, 2.24) is 5.32 Å². The van der Waals surface area contributed by atoms with E-state index in [1.54, 1.807) is 36.4 Å². The lowest BCUT2D eigenvalue weighted by Gasteiger charge is -2.30. The van der Waals surface area contributed by atoms with Crippen LogP contribution in [0.5, 0.6) is 5.75 Å². The zero-order chi connectivity index (χ0) is 22.2. The number of alkyl halides is 3. The predicted octanol–water partition coefficient (Wildman–Crippen LogP) is 4.71. The second-order valence-corrected chi connectivity index (χ2v) is 9.33. The van der Waals surface area contributed by atoms with Gasteiger partial charge in [-0.05, 0) is 47.2 Å². The summed E-state index contributed by atoms with van der Waals surface area (Å²) in [6.07, 6.45) is 1.63. The molecule has 160 valence electrons. The molecular weight excluding hydrogens is 469 g/mol. The van der Waals surface area contributed by atoms with Gasteiger partial charge in [0.15, 0.2) is 6.61 Å². The number of hydrogen-bond donors (Lipinski definition) is 1. The van der Waals surface area contributed by atoms with E-state index < -0.39 is 5.51 Å². The highest BCUT2D eigenvalue weighted by atomic mass is 32.2. The van der Waals surface area contributed by atoms with Gasteiger partial charge in [-0.25, -0.2) is 0 Å². The zero-order valence-corrected chi connectivity index (χ0v) is 18.0. The minimum atomic E-state index is -4.44. The quantitative estimate of drug-likeness (QED) is 0.387. The van der Waals surface area contributed by atoms with Crippen LogP contribution in [0.3, 0.4) is 0 Å². The summed E-state index contributed by atoms with van der Waals surface area (Å²) in [6.45, 7) is -0.262.